The molecule has 0 saturated carbocycles. The van der Waals surface area contributed by atoms with Gasteiger partial charge in [0.15, 0.2) is 5.52 Å². The van der Waals surface area contributed by atoms with E-state index in [0.717, 1.165) is 0 Å². The van der Waals surface area contributed by atoms with Crippen molar-refractivity contribution in [3.63, 3.8) is 0 Å². The van der Waals surface area contributed by atoms with Crippen LogP contribution in [0.25, 0.3) is 11.0 Å². The number of sulfonamides is 1. The van der Waals surface area contributed by atoms with Gasteiger partial charge in [0.2, 0.25) is 15.9 Å². The van der Waals surface area contributed by atoms with Gasteiger partial charge in [0.25, 0.3) is 0 Å². The number of anilines is 1. The van der Waals surface area contributed by atoms with E-state index in [4.69, 9.17) is 4.74 Å². The summed E-state index contributed by atoms with van der Waals surface area (Å²) in [5, 5.41) is 10.2. The molecule has 1 saturated heterocycles. The van der Waals surface area contributed by atoms with Gasteiger partial charge in [-0.05, 0) is 66.5 Å². The van der Waals surface area contributed by atoms with Crippen LogP contribution in [0.15, 0.2) is 52.0 Å². The van der Waals surface area contributed by atoms with E-state index < -0.39 is 16.0 Å². The highest BCUT2D eigenvalue weighted by molar-refractivity contribution is 7.89. The third-order valence-electron chi connectivity index (χ3n) is 5.36. The van der Waals surface area contributed by atoms with Gasteiger partial charge in [0.1, 0.15) is 10.4 Å². The molecule has 1 fully saturated rings. The number of rotatable bonds is 6. The molecular weight excluding hydrogens is 436 g/mol. The number of aromatic nitrogens is 2. The average molecular weight is 458 g/mol. The minimum Gasteiger partial charge on any atom is -0.462 e. The second-order valence-electron chi connectivity index (χ2n) is 7.35. The molecule has 0 bridgehead atoms. The summed E-state index contributed by atoms with van der Waals surface area (Å²) < 4.78 is 37.1. The normalized spacial score (nSPS) is 15.5. The number of piperidine rings is 1. The zero-order chi connectivity index (χ0) is 22.7. The number of nitrogens with zero attached hydrogens (tertiary/aromatic N) is 3. The molecule has 2 aromatic carbocycles. The van der Waals surface area contributed by atoms with E-state index in [1.54, 1.807) is 43.3 Å². The van der Waals surface area contributed by atoms with Crippen molar-refractivity contribution in [1.82, 2.24) is 14.6 Å². The lowest BCUT2D eigenvalue weighted by Crippen LogP contribution is -2.41. The van der Waals surface area contributed by atoms with Crippen LogP contribution in [-0.4, -0.2) is 54.6 Å². The van der Waals surface area contributed by atoms with E-state index in [0.29, 0.717) is 29.6 Å². The fraction of sp³-hybridized carbons (Fsp3) is 0.333. The Balaban J connectivity index is 1.37. The number of hydrogen-bond acceptors (Lipinski definition) is 8. The maximum atomic E-state index is 13.1. The maximum Gasteiger partial charge on any atom is 0.338 e. The van der Waals surface area contributed by atoms with Crippen molar-refractivity contribution >= 4 is 38.6 Å². The van der Waals surface area contributed by atoms with Gasteiger partial charge in [-0.1, -0.05) is 6.07 Å². The topological polar surface area (TPSA) is 132 Å². The number of hydrogen-bond donors (Lipinski definition) is 1. The van der Waals surface area contributed by atoms with Crippen molar-refractivity contribution < 1.29 is 27.4 Å². The number of benzene rings is 2. The monoisotopic (exact) mass is 458 g/mol. The van der Waals surface area contributed by atoms with Gasteiger partial charge in [0.05, 0.1) is 12.2 Å². The molecule has 1 N–H and O–H groups in total. The molecule has 168 valence electrons. The molecule has 1 aliphatic rings. The van der Waals surface area contributed by atoms with Gasteiger partial charge in [0, 0.05) is 24.7 Å². The van der Waals surface area contributed by atoms with Crippen molar-refractivity contribution in [2.45, 2.75) is 24.7 Å². The van der Waals surface area contributed by atoms with Crippen molar-refractivity contribution in [3.8, 4) is 0 Å². The Hall–Kier alpha value is -3.31. The zero-order valence-corrected chi connectivity index (χ0v) is 18.2. The van der Waals surface area contributed by atoms with Crippen LogP contribution in [0.3, 0.4) is 0 Å². The van der Waals surface area contributed by atoms with Crippen LogP contribution in [0.2, 0.25) is 0 Å². The van der Waals surface area contributed by atoms with Crippen LogP contribution < -0.4 is 5.32 Å². The first kappa shape index (κ1) is 21.9. The summed E-state index contributed by atoms with van der Waals surface area (Å²) in [5.41, 5.74) is 1.52. The summed E-state index contributed by atoms with van der Waals surface area (Å²) in [4.78, 5) is 24.4. The van der Waals surface area contributed by atoms with Gasteiger partial charge in [-0.2, -0.15) is 4.31 Å². The largest absolute Gasteiger partial charge is 0.462 e. The zero-order valence-electron chi connectivity index (χ0n) is 17.4. The fourth-order valence-electron chi connectivity index (χ4n) is 3.64. The summed E-state index contributed by atoms with van der Waals surface area (Å²) in [7, 11) is -3.79. The Labute approximate surface area is 184 Å². The highest BCUT2D eigenvalue weighted by Crippen LogP contribution is 2.28. The van der Waals surface area contributed by atoms with E-state index in [1.165, 1.54) is 10.4 Å². The molecule has 0 atom stereocenters. The highest BCUT2D eigenvalue weighted by Gasteiger charge is 2.33. The van der Waals surface area contributed by atoms with Crippen LogP contribution >= 0.6 is 0 Å². The van der Waals surface area contributed by atoms with Gasteiger partial charge in [-0.25, -0.2) is 17.8 Å². The average Bonchev–Trinajstić information content (AvgIpc) is 3.28. The van der Waals surface area contributed by atoms with Gasteiger partial charge < -0.3 is 10.1 Å². The molecule has 1 aromatic heterocycles. The minimum absolute atomic E-state index is 0.0424. The molecule has 10 nitrogen and oxygen atoms in total. The van der Waals surface area contributed by atoms with Gasteiger partial charge in [-0.15, -0.1) is 0 Å². The molecule has 11 heteroatoms. The summed E-state index contributed by atoms with van der Waals surface area (Å²) in [6.45, 7) is 2.44. The Morgan fingerprint density at radius 1 is 1.12 bits per heavy atom. The molecule has 32 heavy (non-hydrogen) atoms. The summed E-state index contributed by atoms with van der Waals surface area (Å²) in [6.07, 6.45) is 0.776. The number of nitrogens with one attached hydrogen (secondary N) is 1. The van der Waals surface area contributed by atoms with E-state index in [-0.39, 0.29) is 41.9 Å². The van der Waals surface area contributed by atoms with E-state index >= 15 is 0 Å². The molecular formula is C21H22N4O6S. The second-order valence-corrected chi connectivity index (χ2v) is 9.26. The highest BCUT2D eigenvalue weighted by atomic mass is 32.2. The first-order valence-electron chi connectivity index (χ1n) is 10.2. The van der Waals surface area contributed by atoms with Crippen molar-refractivity contribution in [3.05, 3.63) is 48.0 Å². The van der Waals surface area contributed by atoms with Crippen LogP contribution in [-0.2, 0) is 19.6 Å². The Morgan fingerprint density at radius 2 is 1.84 bits per heavy atom. The number of carbonyl (C=O) groups is 2. The number of ether oxygens (including phenoxy) is 1. The summed E-state index contributed by atoms with van der Waals surface area (Å²) in [5.74, 6) is -0.930. The number of esters is 1. The quantitative estimate of drug-likeness (QED) is 0.557. The Morgan fingerprint density at radius 3 is 2.53 bits per heavy atom. The first-order chi connectivity index (χ1) is 15.4. The predicted octanol–water partition coefficient (Wildman–Crippen LogP) is 2.44. The lowest BCUT2D eigenvalue weighted by Gasteiger charge is -2.30. The standard InChI is InChI=1S/C21H22N4O6S/c1-2-30-21(27)15-6-8-16(9-7-15)22-20(26)14-10-12-25(13-11-14)32(28,29)18-5-3-4-17-19(18)24-31-23-17/h3-9,14H,2,10-13H2,1H3,(H,22,26). The molecule has 0 aliphatic carbocycles. The van der Waals surface area contributed by atoms with Gasteiger partial charge >= 0.3 is 5.97 Å². The third kappa shape index (κ3) is 4.34. The lowest BCUT2D eigenvalue weighted by atomic mass is 9.97. The van der Waals surface area contributed by atoms with Crippen molar-refractivity contribution in [2.24, 2.45) is 5.92 Å². The van der Waals surface area contributed by atoms with Crippen LogP contribution in [0.5, 0.6) is 0 Å². The summed E-state index contributed by atoms with van der Waals surface area (Å²) in [6, 6.07) is 11.1. The Kier molecular flexibility index (Phi) is 6.19. The number of fused-ring (bicyclic) bond motifs is 1. The smallest absolute Gasteiger partial charge is 0.338 e. The molecule has 2 heterocycles. The number of amides is 1. The second kappa shape index (κ2) is 9.05. The number of carbonyl (C=O) groups excluding carboxylic acids is 2. The first-order valence-corrected chi connectivity index (χ1v) is 11.6. The van der Waals surface area contributed by atoms with E-state index in [2.05, 4.69) is 20.3 Å². The van der Waals surface area contributed by atoms with Crippen molar-refractivity contribution in [2.75, 3.05) is 25.0 Å². The molecule has 4 rings (SSSR count). The molecule has 1 aliphatic heterocycles. The minimum atomic E-state index is -3.79. The Bertz CT molecular complexity index is 1230. The van der Waals surface area contributed by atoms with Crippen LogP contribution in [0.4, 0.5) is 5.69 Å². The molecule has 3 aromatic rings. The van der Waals surface area contributed by atoms with Crippen molar-refractivity contribution in [1.29, 1.82) is 0 Å². The van der Waals surface area contributed by atoms with E-state index in [1.807, 2.05) is 0 Å². The lowest BCUT2D eigenvalue weighted by molar-refractivity contribution is -0.120. The molecule has 0 spiro atoms. The molecule has 1 amide bonds. The summed E-state index contributed by atoms with van der Waals surface area (Å²) >= 11 is 0. The van der Waals surface area contributed by atoms with Gasteiger partial charge in [-0.3, -0.25) is 4.79 Å². The van der Waals surface area contributed by atoms with Crippen LogP contribution in [0.1, 0.15) is 30.1 Å². The predicted molar refractivity (Wildman–Crippen MR) is 114 cm³/mol. The third-order valence-corrected chi connectivity index (χ3v) is 7.29. The molecule has 0 unspecified atom stereocenters. The van der Waals surface area contributed by atoms with Crippen LogP contribution in [0, 0.1) is 5.92 Å². The maximum absolute atomic E-state index is 13.1. The molecule has 0 radical (unpaired) electrons. The SMILES string of the molecule is CCOC(=O)c1ccc(NC(=O)C2CCN(S(=O)(=O)c3cccc4nonc34)CC2)cc1. The fourth-order valence-corrected chi connectivity index (χ4v) is 5.24. The van der Waals surface area contributed by atoms with E-state index in [9.17, 15) is 18.0 Å².